The van der Waals surface area contributed by atoms with Gasteiger partial charge in [-0.05, 0) is 55.7 Å². The number of fused-ring (bicyclic) bond motifs is 1. The zero-order chi connectivity index (χ0) is 18.8. The number of carbonyl (C=O) groups is 2. The van der Waals surface area contributed by atoms with Crippen LogP contribution in [0.5, 0.6) is 0 Å². The Morgan fingerprint density at radius 2 is 1.85 bits per heavy atom. The molecule has 6 nitrogen and oxygen atoms in total. The maximum atomic E-state index is 12.8. The SMILES string of the molecule is CCCC(=O)N1CCC(c2ccn3ncc(C(=O)N4CCCC4)c3c2)CC1. The highest BCUT2D eigenvalue weighted by atomic mass is 16.2. The molecule has 0 atom stereocenters. The lowest BCUT2D eigenvalue weighted by atomic mass is 9.89. The highest BCUT2D eigenvalue weighted by molar-refractivity contribution is 6.00. The summed E-state index contributed by atoms with van der Waals surface area (Å²) in [5.74, 6) is 0.811. The fourth-order valence-electron chi connectivity index (χ4n) is 4.34. The zero-order valence-electron chi connectivity index (χ0n) is 16.1. The average Bonchev–Trinajstić information content (AvgIpc) is 3.37. The quantitative estimate of drug-likeness (QED) is 0.833. The van der Waals surface area contributed by atoms with Crippen LogP contribution >= 0.6 is 0 Å². The van der Waals surface area contributed by atoms with Gasteiger partial charge in [0.2, 0.25) is 5.91 Å². The molecule has 144 valence electrons. The minimum Gasteiger partial charge on any atom is -0.343 e. The van der Waals surface area contributed by atoms with Crippen LogP contribution in [0.15, 0.2) is 24.5 Å². The summed E-state index contributed by atoms with van der Waals surface area (Å²) in [6, 6.07) is 4.24. The number of carbonyl (C=O) groups excluding carboxylic acids is 2. The van der Waals surface area contributed by atoms with Gasteiger partial charge in [0.1, 0.15) is 0 Å². The van der Waals surface area contributed by atoms with E-state index in [1.807, 2.05) is 22.9 Å². The lowest BCUT2D eigenvalue weighted by Gasteiger charge is -2.32. The van der Waals surface area contributed by atoms with Gasteiger partial charge in [-0.15, -0.1) is 0 Å². The van der Waals surface area contributed by atoms with Gasteiger partial charge in [0.15, 0.2) is 0 Å². The van der Waals surface area contributed by atoms with Gasteiger partial charge in [-0.3, -0.25) is 9.59 Å². The second-order valence-electron chi connectivity index (χ2n) is 7.75. The summed E-state index contributed by atoms with van der Waals surface area (Å²) in [4.78, 5) is 28.8. The van der Waals surface area contributed by atoms with E-state index in [1.165, 1.54) is 5.56 Å². The van der Waals surface area contributed by atoms with Crippen molar-refractivity contribution in [2.75, 3.05) is 26.2 Å². The van der Waals surface area contributed by atoms with Crippen molar-refractivity contribution in [1.82, 2.24) is 19.4 Å². The van der Waals surface area contributed by atoms with Crippen molar-refractivity contribution in [2.45, 2.75) is 51.4 Å². The first kappa shape index (κ1) is 18.0. The molecule has 4 rings (SSSR count). The normalized spacial score (nSPS) is 18.4. The zero-order valence-corrected chi connectivity index (χ0v) is 16.1. The van der Waals surface area contributed by atoms with E-state index in [9.17, 15) is 9.59 Å². The Kier molecular flexibility index (Phi) is 5.14. The fourth-order valence-corrected chi connectivity index (χ4v) is 4.34. The molecule has 0 radical (unpaired) electrons. The minimum absolute atomic E-state index is 0.0969. The molecular weight excluding hydrogens is 340 g/mol. The number of aromatic nitrogens is 2. The number of piperidine rings is 1. The Balaban J connectivity index is 1.51. The Morgan fingerprint density at radius 1 is 1.11 bits per heavy atom. The molecule has 2 aliphatic rings. The Bertz CT molecular complexity index is 830. The highest BCUT2D eigenvalue weighted by Crippen LogP contribution is 2.30. The molecule has 0 unspecified atom stereocenters. The predicted molar refractivity (Wildman–Crippen MR) is 104 cm³/mol. The van der Waals surface area contributed by atoms with Gasteiger partial charge in [-0.1, -0.05) is 6.92 Å². The molecular formula is C21H28N4O2. The van der Waals surface area contributed by atoms with Crippen molar-refractivity contribution in [3.63, 3.8) is 0 Å². The van der Waals surface area contributed by atoms with E-state index in [1.54, 1.807) is 10.7 Å². The molecule has 2 fully saturated rings. The minimum atomic E-state index is 0.0969. The van der Waals surface area contributed by atoms with Crippen molar-refractivity contribution < 1.29 is 9.59 Å². The van der Waals surface area contributed by atoms with Gasteiger partial charge in [0.05, 0.1) is 17.3 Å². The largest absolute Gasteiger partial charge is 0.343 e. The molecule has 4 heterocycles. The molecule has 0 spiro atoms. The molecule has 2 aromatic heterocycles. The van der Waals surface area contributed by atoms with E-state index < -0.39 is 0 Å². The molecule has 0 aromatic carbocycles. The monoisotopic (exact) mass is 368 g/mol. The molecule has 0 N–H and O–H groups in total. The van der Waals surface area contributed by atoms with Crippen LogP contribution in [-0.2, 0) is 4.79 Å². The van der Waals surface area contributed by atoms with Gasteiger partial charge < -0.3 is 9.80 Å². The Morgan fingerprint density at radius 3 is 2.56 bits per heavy atom. The number of pyridine rings is 1. The van der Waals surface area contributed by atoms with E-state index in [2.05, 4.69) is 17.2 Å². The van der Waals surface area contributed by atoms with Crippen molar-refractivity contribution in [2.24, 2.45) is 0 Å². The molecule has 2 aliphatic heterocycles. The second-order valence-corrected chi connectivity index (χ2v) is 7.75. The van der Waals surface area contributed by atoms with Crippen LogP contribution in [0.25, 0.3) is 5.52 Å². The molecule has 6 heteroatoms. The molecule has 27 heavy (non-hydrogen) atoms. The first-order valence-corrected chi connectivity index (χ1v) is 10.2. The predicted octanol–water partition coefficient (Wildman–Crippen LogP) is 3.08. The molecule has 0 bridgehead atoms. The van der Waals surface area contributed by atoms with Crippen LogP contribution in [0.4, 0.5) is 0 Å². The highest BCUT2D eigenvalue weighted by Gasteiger charge is 2.26. The fraction of sp³-hybridized carbons (Fsp3) is 0.571. The molecule has 2 aromatic rings. The van der Waals surface area contributed by atoms with Crippen molar-refractivity contribution in [3.05, 3.63) is 35.7 Å². The van der Waals surface area contributed by atoms with Crippen LogP contribution in [-0.4, -0.2) is 57.4 Å². The number of nitrogens with zero attached hydrogens (tertiary/aromatic N) is 4. The maximum absolute atomic E-state index is 12.8. The standard InChI is InChI=1S/C21H28N4O2/c1-2-5-20(26)23-11-6-16(7-12-23)17-8-13-25-19(14-17)18(15-22-25)21(27)24-9-3-4-10-24/h8,13-16H,2-7,9-12H2,1H3. The van der Waals surface area contributed by atoms with E-state index >= 15 is 0 Å². The summed E-state index contributed by atoms with van der Waals surface area (Å²) in [7, 11) is 0. The number of likely N-dealkylation sites (tertiary alicyclic amines) is 2. The summed E-state index contributed by atoms with van der Waals surface area (Å²) < 4.78 is 1.80. The van der Waals surface area contributed by atoms with Crippen molar-refractivity contribution in [1.29, 1.82) is 0 Å². The average molecular weight is 368 g/mol. The third-order valence-electron chi connectivity index (χ3n) is 5.95. The van der Waals surface area contributed by atoms with Crippen LogP contribution in [0, 0.1) is 0 Å². The van der Waals surface area contributed by atoms with E-state index in [0.717, 1.165) is 63.8 Å². The summed E-state index contributed by atoms with van der Waals surface area (Å²) in [5.41, 5.74) is 2.85. The van der Waals surface area contributed by atoms with E-state index in [-0.39, 0.29) is 11.8 Å². The topological polar surface area (TPSA) is 57.9 Å². The summed E-state index contributed by atoms with van der Waals surface area (Å²) in [5, 5.41) is 4.37. The van der Waals surface area contributed by atoms with Gasteiger partial charge in [0, 0.05) is 38.8 Å². The molecule has 2 amide bonds. The van der Waals surface area contributed by atoms with Crippen LogP contribution in [0.3, 0.4) is 0 Å². The van der Waals surface area contributed by atoms with Crippen molar-refractivity contribution in [3.8, 4) is 0 Å². The van der Waals surface area contributed by atoms with Gasteiger partial charge >= 0.3 is 0 Å². The van der Waals surface area contributed by atoms with Crippen molar-refractivity contribution >= 4 is 17.3 Å². The second kappa shape index (κ2) is 7.71. The van der Waals surface area contributed by atoms with Crippen LogP contribution in [0.1, 0.15) is 67.3 Å². The molecule has 2 saturated heterocycles. The summed E-state index contributed by atoms with van der Waals surface area (Å²) >= 11 is 0. The molecule has 0 saturated carbocycles. The third-order valence-corrected chi connectivity index (χ3v) is 5.95. The third kappa shape index (κ3) is 3.57. The molecule has 0 aliphatic carbocycles. The maximum Gasteiger partial charge on any atom is 0.257 e. The summed E-state index contributed by atoms with van der Waals surface area (Å²) in [6.45, 7) is 5.40. The van der Waals surface area contributed by atoms with Crippen LogP contribution < -0.4 is 0 Å². The Hall–Kier alpha value is -2.37. The van der Waals surface area contributed by atoms with E-state index in [0.29, 0.717) is 17.9 Å². The number of hydrogen-bond donors (Lipinski definition) is 0. The smallest absolute Gasteiger partial charge is 0.257 e. The van der Waals surface area contributed by atoms with Crippen LogP contribution in [0.2, 0.25) is 0 Å². The Labute approximate surface area is 160 Å². The van der Waals surface area contributed by atoms with E-state index in [4.69, 9.17) is 0 Å². The van der Waals surface area contributed by atoms with Gasteiger partial charge in [-0.25, -0.2) is 4.52 Å². The lowest BCUT2D eigenvalue weighted by Crippen LogP contribution is -2.37. The first-order chi connectivity index (χ1) is 13.2. The first-order valence-electron chi connectivity index (χ1n) is 10.2. The van der Waals surface area contributed by atoms with Gasteiger partial charge in [-0.2, -0.15) is 5.10 Å². The number of rotatable bonds is 4. The summed E-state index contributed by atoms with van der Waals surface area (Å²) in [6.07, 6.45) is 9.35. The number of hydrogen-bond acceptors (Lipinski definition) is 3. The number of amides is 2. The lowest BCUT2D eigenvalue weighted by molar-refractivity contribution is -0.132. The van der Waals surface area contributed by atoms with Gasteiger partial charge in [0.25, 0.3) is 5.91 Å².